The number of carbonyl (C=O) groups is 3. The van der Waals surface area contributed by atoms with Crippen molar-refractivity contribution in [3.8, 4) is 11.5 Å². The second-order valence-corrected chi connectivity index (χ2v) is 10.3. The Hall–Kier alpha value is -2.86. The zero-order valence-electron chi connectivity index (χ0n) is 18.6. The number of nitrogens with zero attached hydrogens (tertiary/aromatic N) is 1. The van der Waals surface area contributed by atoms with E-state index in [2.05, 4.69) is 26.3 Å². The third kappa shape index (κ3) is 7.82. The predicted molar refractivity (Wildman–Crippen MR) is 147 cm³/mol. The number of β-amino-alcohol motifs (C(OH)–C–C–N with tert-alkyl or cyclic N) is 1. The lowest BCUT2D eigenvalue weighted by Crippen LogP contribution is -2.42. The first-order valence-corrected chi connectivity index (χ1v) is 12.7. The van der Waals surface area contributed by atoms with Gasteiger partial charge in [-0.25, -0.2) is 0 Å². The van der Waals surface area contributed by atoms with Crippen LogP contribution in [0, 0.1) is 7.14 Å². The van der Waals surface area contributed by atoms with Crippen molar-refractivity contribution in [1.82, 2.24) is 16.0 Å². The molecular weight excluding hydrogens is 700 g/mol. The van der Waals surface area contributed by atoms with Gasteiger partial charge in [0.05, 0.1) is 35.2 Å². The average Bonchev–Trinajstić information content (AvgIpc) is 2.80. The van der Waals surface area contributed by atoms with Gasteiger partial charge in [0.25, 0.3) is 5.91 Å². The molecule has 36 heavy (non-hydrogen) atoms. The molecule has 14 heteroatoms. The minimum absolute atomic E-state index is 0.0636. The number of anilines is 1. The maximum Gasteiger partial charge on any atom is 0.305 e. The van der Waals surface area contributed by atoms with Gasteiger partial charge in [-0.15, -0.1) is 0 Å². The first-order chi connectivity index (χ1) is 17.0. The normalized spacial score (nSPS) is 15.8. The molecule has 1 heterocycles. The second-order valence-electron chi connectivity index (χ2n) is 7.84. The van der Waals surface area contributed by atoms with Crippen molar-refractivity contribution in [1.29, 1.82) is 0 Å². The lowest BCUT2D eigenvalue weighted by atomic mass is 10.0. The summed E-state index contributed by atoms with van der Waals surface area (Å²) in [5.41, 5.74) is 0.676. The summed E-state index contributed by atoms with van der Waals surface area (Å²) in [6.07, 6.45) is -1.07. The number of phenols is 2. The summed E-state index contributed by atoms with van der Waals surface area (Å²) in [5.74, 6) is -2.45. The lowest BCUT2D eigenvalue weighted by molar-refractivity contribution is -0.137. The van der Waals surface area contributed by atoms with E-state index in [4.69, 9.17) is 0 Å². The number of carboxylic acid groups (broad SMARTS) is 1. The molecule has 0 saturated heterocycles. The number of rotatable bonds is 8. The molecule has 0 spiro atoms. The van der Waals surface area contributed by atoms with Gasteiger partial charge in [-0.1, -0.05) is 0 Å². The molecule has 2 atom stereocenters. The Kier molecular flexibility index (Phi) is 9.55. The topological polar surface area (TPSA) is 193 Å². The standard InChI is InChI=1S/C22H23I2N5O7/c23-11-3-15(20(35)16(24)4-11)17(6-19(33)34)29-18(32)9-25-21(36)10-1-12(5-13(30)2-10)28-22-26-7-14(31)8-27-22/h1-5,14,17,30-31,35H,6-9H2,(H,25,36)(H,29,32)(H,33,34)(H2,26,27,28). The van der Waals surface area contributed by atoms with E-state index in [0.717, 1.165) is 3.57 Å². The summed E-state index contributed by atoms with van der Waals surface area (Å²) in [6.45, 7) is 0.0366. The number of guanidine groups is 1. The number of aliphatic carboxylic acids is 1. The van der Waals surface area contributed by atoms with E-state index in [-0.39, 0.29) is 29.2 Å². The monoisotopic (exact) mass is 723 g/mol. The van der Waals surface area contributed by atoms with E-state index in [9.17, 15) is 34.8 Å². The molecule has 2 unspecified atom stereocenters. The maximum absolute atomic E-state index is 12.6. The van der Waals surface area contributed by atoms with Crippen molar-refractivity contribution < 1.29 is 34.8 Å². The number of nitrogens with one attached hydrogen (secondary N) is 4. The zero-order chi connectivity index (χ0) is 26.4. The molecule has 2 aromatic rings. The van der Waals surface area contributed by atoms with Crippen LogP contribution in [-0.2, 0) is 9.59 Å². The summed E-state index contributed by atoms with van der Waals surface area (Å²) >= 11 is 3.93. The van der Waals surface area contributed by atoms with Gasteiger partial charge >= 0.3 is 5.97 Å². The molecule has 0 bridgehead atoms. The zero-order valence-corrected chi connectivity index (χ0v) is 22.9. The van der Waals surface area contributed by atoms with E-state index in [0.29, 0.717) is 21.8 Å². The molecule has 1 aliphatic rings. The number of hydrogen-bond donors (Lipinski definition) is 8. The molecule has 3 rings (SSSR count). The van der Waals surface area contributed by atoms with Crippen LogP contribution in [0.2, 0.25) is 0 Å². The quantitative estimate of drug-likeness (QED) is 0.184. The molecule has 0 aromatic heterocycles. The summed E-state index contributed by atoms with van der Waals surface area (Å²) in [7, 11) is 0. The largest absolute Gasteiger partial charge is 0.508 e. The van der Waals surface area contributed by atoms with Gasteiger partial charge in [0.15, 0.2) is 5.96 Å². The van der Waals surface area contributed by atoms with E-state index < -0.39 is 42.9 Å². The minimum atomic E-state index is -1.18. The molecule has 0 saturated carbocycles. The number of phenolic OH excluding ortho intramolecular Hbond substituents is 2. The molecule has 1 aliphatic heterocycles. The van der Waals surface area contributed by atoms with Crippen LogP contribution in [-0.4, -0.2) is 69.9 Å². The van der Waals surface area contributed by atoms with Crippen LogP contribution in [0.1, 0.15) is 28.4 Å². The number of carbonyl (C=O) groups excluding carboxylic acids is 2. The lowest BCUT2D eigenvalue weighted by Gasteiger charge is -2.20. The van der Waals surface area contributed by atoms with Crippen molar-refractivity contribution in [3.05, 3.63) is 48.6 Å². The van der Waals surface area contributed by atoms with Crippen LogP contribution in [0.4, 0.5) is 5.69 Å². The minimum Gasteiger partial charge on any atom is -0.508 e. The van der Waals surface area contributed by atoms with Crippen LogP contribution in [0.25, 0.3) is 0 Å². The Balaban J connectivity index is 1.66. The Morgan fingerprint density at radius 3 is 2.56 bits per heavy atom. The highest BCUT2D eigenvalue weighted by Crippen LogP contribution is 2.33. The number of aromatic hydroxyl groups is 2. The van der Waals surface area contributed by atoms with Crippen molar-refractivity contribution in [2.24, 2.45) is 4.99 Å². The number of halogens is 2. The van der Waals surface area contributed by atoms with Gasteiger partial charge in [-0.05, 0) is 69.4 Å². The Morgan fingerprint density at radius 1 is 1.14 bits per heavy atom. The van der Waals surface area contributed by atoms with E-state index >= 15 is 0 Å². The number of aliphatic hydroxyl groups excluding tert-OH is 1. The highest BCUT2D eigenvalue weighted by molar-refractivity contribution is 14.1. The SMILES string of the molecule is O=C(O)CC(NC(=O)CNC(=O)c1cc(O)cc(NC2=NCC(O)CN2)c1)c1cc(I)cc(I)c1O. The maximum atomic E-state index is 12.6. The van der Waals surface area contributed by atoms with Crippen molar-refractivity contribution in [2.45, 2.75) is 18.6 Å². The molecule has 192 valence electrons. The van der Waals surface area contributed by atoms with E-state index in [1.807, 2.05) is 45.2 Å². The van der Waals surface area contributed by atoms with Crippen LogP contribution < -0.4 is 21.3 Å². The molecular formula is C22H23I2N5O7. The molecule has 0 fully saturated rings. The number of hydrogen-bond acceptors (Lipinski definition) is 9. The van der Waals surface area contributed by atoms with E-state index in [1.54, 1.807) is 12.1 Å². The number of carboxylic acids is 1. The van der Waals surface area contributed by atoms with Crippen LogP contribution in [0.5, 0.6) is 11.5 Å². The predicted octanol–water partition coefficient (Wildman–Crippen LogP) is 1.10. The summed E-state index contributed by atoms with van der Waals surface area (Å²) in [5, 5.41) is 49.9. The van der Waals surface area contributed by atoms with Crippen molar-refractivity contribution in [2.75, 3.05) is 25.0 Å². The van der Waals surface area contributed by atoms with Crippen LogP contribution >= 0.6 is 45.2 Å². The van der Waals surface area contributed by atoms with Crippen molar-refractivity contribution in [3.63, 3.8) is 0 Å². The van der Waals surface area contributed by atoms with Crippen molar-refractivity contribution >= 4 is 74.6 Å². The third-order valence-electron chi connectivity index (χ3n) is 4.96. The Labute approximate surface area is 232 Å². The first-order valence-electron chi connectivity index (χ1n) is 10.6. The summed E-state index contributed by atoms with van der Waals surface area (Å²) < 4.78 is 1.26. The number of benzene rings is 2. The van der Waals surface area contributed by atoms with E-state index in [1.165, 1.54) is 18.2 Å². The molecule has 2 amide bonds. The molecule has 0 aliphatic carbocycles. The summed E-state index contributed by atoms with van der Waals surface area (Å²) in [4.78, 5) is 40.6. The second kappa shape index (κ2) is 12.4. The molecule has 2 aromatic carbocycles. The number of aliphatic hydroxyl groups is 1. The highest BCUT2D eigenvalue weighted by Gasteiger charge is 2.23. The Morgan fingerprint density at radius 2 is 1.89 bits per heavy atom. The van der Waals surface area contributed by atoms with Gasteiger partial charge in [0.2, 0.25) is 5.91 Å². The van der Waals surface area contributed by atoms with Crippen LogP contribution in [0.3, 0.4) is 0 Å². The fourth-order valence-corrected chi connectivity index (χ4v) is 5.23. The Bertz CT molecular complexity index is 1210. The van der Waals surface area contributed by atoms with Gasteiger partial charge < -0.3 is 41.7 Å². The van der Waals surface area contributed by atoms with Gasteiger partial charge in [0.1, 0.15) is 11.5 Å². The third-order valence-corrected chi connectivity index (χ3v) is 6.41. The van der Waals surface area contributed by atoms with Crippen LogP contribution in [0.15, 0.2) is 35.3 Å². The summed E-state index contributed by atoms with van der Waals surface area (Å²) in [6, 6.07) is 6.31. The smallest absolute Gasteiger partial charge is 0.305 e. The molecule has 8 N–H and O–H groups in total. The van der Waals surface area contributed by atoms with Gasteiger partial charge in [-0.2, -0.15) is 0 Å². The van der Waals surface area contributed by atoms with Gasteiger partial charge in [0, 0.05) is 33.0 Å². The molecule has 12 nitrogen and oxygen atoms in total. The average molecular weight is 723 g/mol. The van der Waals surface area contributed by atoms with Gasteiger partial charge in [-0.3, -0.25) is 19.4 Å². The fraction of sp³-hybridized carbons (Fsp3) is 0.273. The highest BCUT2D eigenvalue weighted by atomic mass is 127. The molecule has 0 radical (unpaired) electrons. The first kappa shape index (κ1) is 27.7. The number of aliphatic imine (C=N–C) groups is 1. The fourth-order valence-electron chi connectivity index (χ4n) is 3.34. The number of amides is 2.